The van der Waals surface area contributed by atoms with E-state index in [4.69, 9.17) is 0 Å². The molecule has 0 saturated carbocycles. The first-order valence-corrected chi connectivity index (χ1v) is 10.8. The number of benzene rings is 1. The van der Waals surface area contributed by atoms with E-state index in [1.165, 1.54) is 9.88 Å². The Morgan fingerprint density at radius 2 is 1.74 bits per heavy atom. The molecule has 6 heteroatoms. The van der Waals surface area contributed by atoms with Crippen LogP contribution in [0.5, 0.6) is 0 Å². The number of hydrogen-bond donors (Lipinski definition) is 1. The van der Waals surface area contributed by atoms with Crippen molar-refractivity contribution >= 4 is 44.5 Å². The fourth-order valence-corrected chi connectivity index (χ4v) is 5.27. The van der Waals surface area contributed by atoms with Gasteiger partial charge in [-0.3, -0.25) is 4.79 Å². The number of thiophene rings is 2. The van der Waals surface area contributed by atoms with Crippen molar-refractivity contribution in [3.8, 4) is 10.4 Å². The average Bonchev–Trinajstić information content (AvgIpc) is 3.48. The Morgan fingerprint density at radius 1 is 0.926 bits per heavy atom. The number of aromatic nitrogens is 1. The van der Waals surface area contributed by atoms with Gasteiger partial charge in [0.25, 0.3) is 5.91 Å². The van der Waals surface area contributed by atoms with Gasteiger partial charge in [0.05, 0.1) is 5.00 Å². The Hall–Kier alpha value is -2.57. The highest BCUT2D eigenvalue weighted by Crippen LogP contribution is 2.34. The zero-order chi connectivity index (χ0) is 18.2. The van der Waals surface area contributed by atoms with Gasteiger partial charge in [-0.25, -0.2) is 0 Å². The number of nitrogens with one attached hydrogen (secondary N) is 1. The third kappa shape index (κ3) is 2.95. The third-order valence-corrected chi connectivity index (χ3v) is 6.94. The van der Waals surface area contributed by atoms with Gasteiger partial charge in [0, 0.05) is 59.3 Å². The largest absolute Gasteiger partial charge is 0.360 e. The van der Waals surface area contributed by atoms with Crippen LogP contribution in [-0.2, 0) is 0 Å². The Labute approximate surface area is 165 Å². The molecule has 0 radical (unpaired) electrons. The normalized spacial score (nSPS) is 14.8. The van der Waals surface area contributed by atoms with E-state index in [0.29, 0.717) is 0 Å². The van der Waals surface area contributed by atoms with Crippen LogP contribution < -0.4 is 4.90 Å². The molecule has 1 fully saturated rings. The lowest BCUT2D eigenvalue weighted by molar-refractivity contribution is 0.0749. The van der Waals surface area contributed by atoms with Gasteiger partial charge in [-0.05, 0) is 41.1 Å². The first-order valence-electron chi connectivity index (χ1n) is 9.03. The van der Waals surface area contributed by atoms with Crippen molar-refractivity contribution in [2.45, 2.75) is 0 Å². The van der Waals surface area contributed by atoms with Gasteiger partial charge in [-0.15, -0.1) is 22.7 Å². The molecule has 136 valence electrons. The lowest BCUT2D eigenvalue weighted by Gasteiger charge is -2.35. The summed E-state index contributed by atoms with van der Waals surface area (Å²) in [6, 6.07) is 14.3. The molecule has 27 heavy (non-hydrogen) atoms. The standard InChI is InChI=1S/C21H19N3OS2/c25-21(24-10-8-23(9-11-24)19-7-3-13-27-19)15-4-1-5-17-20(15)16(14-22-17)18-6-2-12-26-18/h1-7,12-14,22H,8-11H2. The first kappa shape index (κ1) is 16.6. The minimum absolute atomic E-state index is 0.129. The molecule has 3 aromatic heterocycles. The maximum Gasteiger partial charge on any atom is 0.254 e. The maximum atomic E-state index is 13.3. The van der Waals surface area contributed by atoms with Crippen LogP contribution in [0.1, 0.15) is 10.4 Å². The van der Waals surface area contributed by atoms with E-state index >= 15 is 0 Å². The second-order valence-corrected chi connectivity index (χ2v) is 8.51. The molecule has 0 aliphatic carbocycles. The first-order chi connectivity index (χ1) is 13.3. The summed E-state index contributed by atoms with van der Waals surface area (Å²) in [5.41, 5.74) is 2.92. The number of carbonyl (C=O) groups is 1. The van der Waals surface area contributed by atoms with Gasteiger partial charge in [-0.1, -0.05) is 12.1 Å². The lowest BCUT2D eigenvalue weighted by atomic mass is 10.0. The molecule has 0 atom stereocenters. The second kappa shape index (κ2) is 6.87. The summed E-state index contributed by atoms with van der Waals surface area (Å²) in [5, 5.41) is 6.49. The van der Waals surface area contributed by atoms with Crippen LogP contribution in [0.25, 0.3) is 21.3 Å². The van der Waals surface area contributed by atoms with Crippen molar-refractivity contribution < 1.29 is 4.79 Å². The summed E-state index contributed by atoms with van der Waals surface area (Å²) >= 11 is 3.46. The summed E-state index contributed by atoms with van der Waals surface area (Å²) in [5.74, 6) is 0.129. The van der Waals surface area contributed by atoms with Crippen molar-refractivity contribution in [3.63, 3.8) is 0 Å². The number of amides is 1. The molecule has 1 N–H and O–H groups in total. The van der Waals surface area contributed by atoms with Gasteiger partial charge in [-0.2, -0.15) is 0 Å². The highest BCUT2D eigenvalue weighted by molar-refractivity contribution is 7.14. The number of H-pyrrole nitrogens is 1. The SMILES string of the molecule is O=C(c1cccc2[nH]cc(-c3cccs3)c12)N1CCN(c2cccs2)CC1. The number of piperazine rings is 1. The fraction of sp³-hybridized carbons (Fsp3) is 0.190. The van der Waals surface area contributed by atoms with Crippen LogP contribution in [0.3, 0.4) is 0 Å². The summed E-state index contributed by atoms with van der Waals surface area (Å²) in [6.45, 7) is 3.28. The molecule has 0 unspecified atom stereocenters. The minimum Gasteiger partial charge on any atom is -0.360 e. The number of aromatic amines is 1. The number of hydrogen-bond acceptors (Lipinski definition) is 4. The number of fused-ring (bicyclic) bond motifs is 1. The van der Waals surface area contributed by atoms with E-state index in [0.717, 1.165) is 48.2 Å². The van der Waals surface area contributed by atoms with Crippen molar-refractivity contribution in [1.29, 1.82) is 0 Å². The summed E-state index contributed by atoms with van der Waals surface area (Å²) in [6.07, 6.45) is 2.02. The van der Waals surface area contributed by atoms with E-state index in [1.54, 1.807) is 22.7 Å². The van der Waals surface area contributed by atoms with Crippen LogP contribution in [-0.4, -0.2) is 42.0 Å². The number of rotatable bonds is 3. The number of carbonyl (C=O) groups excluding carboxylic acids is 1. The molecule has 5 rings (SSSR count). The van der Waals surface area contributed by atoms with Gasteiger partial charge in [0.15, 0.2) is 0 Å². The average molecular weight is 394 g/mol. The van der Waals surface area contributed by atoms with Gasteiger partial charge >= 0.3 is 0 Å². The second-order valence-electron chi connectivity index (χ2n) is 6.64. The predicted octanol–water partition coefficient (Wildman–Crippen LogP) is 4.92. The number of anilines is 1. The molecule has 1 saturated heterocycles. The summed E-state index contributed by atoms with van der Waals surface area (Å²) in [4.78, 5) is 22.2. The van der Waals surface area contributed by atoms with E-state index in [2.05, 4.69) is 38.8 Å². The van der Waals surface area contributed by atoms with Crippen LogP contribution in [0.4, 0.5) is 5.00 Å². The summed E-state index contributed by atoms with van der Waals surface area (Å²) < 4.78 is 0. The third-order valence-electron chi connectivity index (χ3n) is 5.11. The Kier molecular flexibility index (Phi) is 4.22. The smallest absolute Gasteiger partial charge is 0.254 e. The van der Waals surface area contributed by atoms with E-state index < -0.39 is 0 Å². The molecule has 1 amide bonds. The van der Waals surface area contributed by atoms with Crippen LogP contribution in [0.2, 0.25) is 0 Å². The quantitative estimate of drug-likeness (QED) is 0.537. The lowest BCUT2D eigenvalue weighted by Crippen LogP contribution is -2.48. The molecular formula is C21H19N3OS2. The van der Waals surface area contributed by atoms with E-state index in [9.17, 15) is 4.79 Å². The van der Waals surface area contributed by atoms with E-state index in [-0.39, 0.29) is 5.91 Å². The maximum absolute atomic E-state index is 13.3. The molecular weight excluding hydrogens is 374 g/mol. The van der Waals surface area contributed by atoms with Crippen LogP contribution in [0.15, 0.2) is 59.4 Å². The van der Waals surface area contributed by atoms with E-state index in [1.807, 2.05) is 35.4 Å². The van der Waals surface area contributed by atoms with Crippen LogP contribution in [0, 0.1) is 0 Å². The summed E-state index contributed by atoms with van der Waals surface area (Å²) in [7, 11) is 0. The van der Waals surface area contributed by atoms with Gasteiger partial charge in [0.2, 0.25) is 0 Å². The molecule has 4 nitrogen and oxygen atoms in total. The zero-order valence-corrected chi connectivity index (χ0v) is 16.4. The van der Waals surface area contributed by atoms with Crippen LogP contribution >= 0.6 is 22.7 Å². The minimum atomic E-state index is 0.129. The van der Waals surface area contributed by atoms with Gasteiger partial charge in [0.1, 0.15) is 0 Å². The topological polar surface area (TPSA) is 39.3 Å². The Balaban J connectivity index is 1.44. The predicted molar refractivity (Wildman–Crippen MR) is 114 cm³/mol. The zero-order valence-electron chi connectivity index (χ0n) is 14.7. The monoisotopic (exact) mass is 393 g/mol. The molecule has 1 aromatic carbocycles. The van der Waals surface area contributed by atoms with Gasteiger partial charge < -0.3 is 14.8 Å². The Morgan fingerprint density at radius 3 is 2.48 bits per heavy atom. The molecule has 1 aliphatic rings. The fourth-order valence-electron chi connectivity index (χ4n) is 3.74. The molecule has 1 aliphatic heterocycles. The Bertz CT molecular complexity index is 1060. The highest BCUT2D eigenvalue weighted by atomic mass is 32.1. The number of nitrogens with zero attached hydrogens (tertiary/aromatic N) is 2. The molecule has 4 heterocycles. The molecule has 0 spiro atoms. The van der Waals surface area contributed by atoms with Crippen molar-refractivity contribution in [2.24, 2.45) is 0 Å². The molecule has 4 aromatic rings. The molecule has 0 bridgehead atoms. The van der Waals surface area contributed by atoms with Crippen molar-refractivity contribution in [1.82, 2.24) is 9.88 Å². The highest BCUT2D eigenvalue weighted by Gasteiger charge is 2.25. The van der Waals surface area contributed by atoms with Crippen molar-refractivity contribution in [3.05, 3.63) is 65.0 Å². The van der Waals surface area contributed by atoms with Crippen molar-refractivity contribution in [2.75, 3.05) is 31.1 Å².